The summed E-state index contributed by atoms with van der Waals surface area (Å²) in [6.07, 6.45) is 7.42. The van der Waals surface area contributed by atoms with E-state index in [4.69, 9.17) is 5.73 Å². The second-order valence-corrected chi connectivity index (χ2v) is 8.86. The van der Waals surface area contributed by atoms with Crippen LogP contribution in [0.15, 0.2) is 12.5 Å². The molecule has 4 atom stereocenters. The molecule has 188 valence electrons. The molecule has 3 amide bonds. The van der Waals surface area contributed by atoms with Crippen LogP contribution >= 0.6 is 0 Å². The Hall–Kier alpha value is -2.99. The molecule has 12 heteroatoms. The van der Waals surface area contributed by atoms with Crippen molar-refractivity contribution < 1.29 is 24.3 Å². The Morgan fingerprint density at radius 3 is 2.65 bits per heavy atom. The fraction of sp³-hybridized carbons (Fsp3) is 0.682. The van der Waals surface area contributed by atoms with E-state index in [2.05, 4.69) is 25.9 Å². The third-order valence-electron chi connectivity index (χ3n) is 6.37. The van der Waals surface area contributed by atoms with Crippen molar-refractivity contribution in [3.63, 3.8) is 0 Å². The Labute approximate surface area is 198 Å². The van der Waals surface area contributed by atoms with E-state index in [1.165, 1.54) is 11.2 Å². The van der Waals surface area contributed by atoms with E-state index >= 15 is 0 Å². The molecule has 0 aliphatic carbocycles. The van der Waals surface area contributed by atoms with Crippen LogP contribution in [0.1, 0.15) is 50.6 Å². The average molecular weight is 478 g/mol. The average Bonchev–Trinajstić information content (AvgIpc) is 3.59. The maximum Gasteiger partial charge on any atom is 0.326 e. The molecule has 2 aliphatic heterocycles. The van der Waals surface area contributed by atoms with Crippen molar-refractivity contribution in [3.05, 3.63) is 18.2 Å². The summed E-state index contributed by atoms with van der Waals surface area (Å²) < 4.78 is 0. The Morgan fingerprint density at radius 1 is 1.18 bits per heavy atom. The van der Waals surface area contributed by atoms with Gasteiger partial charge in [0.05, 0.1) is 12.4 Å². The van der Waals surface area contributed by atoms with Crippen LogP contribution in [0.2, 0.25) is 0 Å². The lowest BCUT2D eigenvalue weighted by Gasteiger charge is -2.29. The highest BCUT2D eigenvalue weighted by Gasteiger charge is 2.38. The van der Waals surface area contributed by atoms with Crippen molar-refractivity contribution >= 4 is 23.7 Å². The Balaban J connectivity index is 1.73. The van der Waals surface area contributed by atoms with Crippen molar-refractivity contribution in [2.24, 2.45) is 5.73 Å². The number of rotatable bonds is 12. The number of nitrogens with two attached hydrogens (primary N) is 1. The van der Waals surface area contributed by atoms with Crippen LogP contribution in [0.3, 0.4) is 0 Å². The molecule has 0 saturated carbocycles. The zero-order valence-electron chi connectivity index (χ0n) is 19.3. The van der Waals surface area contributed by atoms with Crippen LogP contribution in [-0.4, -0.2) is 87.5 Å². The van der Waals surface area contributed by atoms with Crippen molar-refractivity contribution in [3.8, 4) is 0 Å². The van der Waals surface area contributed by atoms with Gasteiger partial charge in [0, 0.05) is 24.9 Å². The van der Waals surface area contributed by atoms with E-state index in [1.807, 2.05) is 0 Å². The maximum absolute atomic E-state index is 13.3. The number of nitrogens with one attached hydrogen (secondary N) is 4. The van der Waals surface area contributed by atoms with E-state index in [0.29, 0.717) is 57.3 Å². The summed E-state index contributed by atoms with van der Waals surface area (Å²) in [4.78, 5) is 59.1. The second kappa shape index (κ2) is 12.5. The van der Waals surface area contributed by atoms with E-state index < -0.39 is 35.9 Å². The highest BCUT2D eigenvalue weighted by molar-refractivity contribution is 5.94. The van der Waals surface area contributed by atoms with Crippen LogP contribution in [0.5, 0.6) is 0 Å². The number of hydrogen-bond donors (Lipinski definition) is 6. The predicted octanol–water partition coefficient (Wildman–Crippen LogP) is -1.12. The summed E-state index contributed by atoms with van der Waals surface area (Å²) >= 11 is 0. The number of H-pyrrole nitrogens is 1. The lowest BCUT2D eigenvalue weighted by atomic mass is 10.0. The van der Waals surface area contributed by atoms with E-state index in [1.54, 1.807) is 6.20 Å². The second-order valence-electron chi connectivity index (χ2n) is 8.86. The van der Waals surface area contributed by atoms with Crippen molar-refractivity contribution in [1.29, 1.82) is 0 Å². The minimum absolute atomic E-state index is 0.126. The summed E-state index contributed by atoms with van der Waals surface area (Å²) in [7, 11) is 0. The molecule has 0 unspecified atom stereocenters. The molecule has 1 aromatic heterocycles. The van der Waals surface area contributed by atoms with Crippen molar-refractivity contribution in [2.45, 2.75) is 75.5 Å². The Bertz CT molecular complexity index is 841. The zero-order valence-corrected chi connectivity index (χ0v) is 19.3. The predicted molar refractivity (Wildman–Crippen MR) is 122 cm³/mol. The third kappa shape index (κ3) is 6.76. The van der Waals surface area contributed by atoms with Crippen LogP contribution in [0, 0.1) is 0 Å². The number of aromatic amines is 1. The molecule has 12 nitrogen and oxygen atoms in total. The molecule has 0 bridgehead atoms. The minimum atomic E-state index is -1.06. The molecule has 2 aliphatic rings. The van der Waals surface area contributed by atoms with E-state index in [0.717, 1.165) is 13.0 Å². The monoisotopic (exact) mass is 477 g/mol. The number of carboxylic acid groups (broad SMARTS) is 1. The van der Waals surface area contributed by atoms with Gasteiger partial charge in [-0.25, -0.2) is 9.78 Å². The number of nitrogens with zero attached hydrogens (tertiary/aromatic N) is 2. The Morgan fingerprint density at radius 2 is 2.00 bits per heavy atom. The Kier molecular flexibility index (Phi) is 9.40. The first kappa shape index (κ1) is 25.6. The molecular weight excluding hydrogens is 442 g/mol. The summed E-state index contributed by atoms with van der Waals surface area (Å²) in [6.45, 7) is 1.54. The highest BCUT2D eigenvalue weighted by Crippen LogP contribution is 2.19. The van der Waals surface area contributed by atoms with Crippen LogP contribution in [-0.2, 0) is 25.6 Å². The van der Waals surface area contributed by atoms with Gasteiger partial charge in [0.2, 0.25) is 17.7 Å². The largest absolute Gasteiger partial charge is 0.480 e. The third-order valence-corrected chi connectivity index (χ3v) is 6.37. The molecule has 3 heterocycles. The lowest BCUT2D eigenvalue weighted by Crippen LogP contribution is -2.57. The number of amides is 3. The fourth-order valence-electron chi connectivity index (χ4n) is 4.52. The van der Waals surface area contributed by atoms with Crippen molar-refractivity contribution in [1.82, 2.24) is 30.8 Å². The number of hydrogen-bond acceptors (Lipinski definition) is 7. The van der Waals surface area contributed by atoms with Crippen LogP contribution < -0.4 is 21.7 Å². The summed E-state index contributed by atoms with van der Waals surface area (Å²) in [6, 6.07) is -3.07. The lowest BCUT2D eigenvalue weighted by molar-refractivity contribution is -0.149. The van der Waals surface area contributed by atoms with Crippen LogP contribution in [0.4, 0.5) is 0 Å². The normalized spacial score (nSPS) is 21.7. The summed E-state index contributed by atoms with van der Waals surface area (Å²) in [5.74, 6) is -2.24. The number of carbonyl (C=O) groups excluding carboxylic acids is 3. The van der Waals surface area contributed by atoms with Gasteiger partial charge in [-0.2, -0.15) is 0 Å². The highest BCUT2D eigenvalue weighted by atomic mass is 16.4. The number of imidazole rings is 1. The number of aromatic nitrogens is 2. The molecule has 34 heavy (non-hydrogen) atoms. The van der Waals surface area contributed by atoms with Gasteiger partial charge in [0.25, 0.3) is 0 Å². The fourth-order valence-corrected chi connectivity index (χ4v) is 4.52. The number of aliphatic carboxylic acids is 1. The molecule has 2 fully saturated rings. The van der Waals surface area contributed by atoms with Crippen molar-refractivity contribution in [2.75, 3.05) is 19.6 Å². The van der Waals surface area contributed by atoms with Gasteiger partial charge in [-0.1, -0.05) is 0 Å². The van der Waals surface area contributed by atoms with Crippen LogP contribution in [0.25, 0.3) is 0 Å². The van der Waals surface area contributed by atoms with Gasteiger partial charge in [-0.3, -0.25) is 14.4 Å². The van der Waals surface area contributed by atoms with Gasteiger partial charge in [-0.15, -0.1) is 0 Å². The van der Waals surface area contributed by atoms with E-state index in [9.17, 15) is 24.3 Å². The summed E-state index contributed by atoms with van der Waals surface area (Å²) in [5.41, 5.74) is 6.22. The maximum atomic E-state index is 13.3. The quantitative estimate of drug-likeness (QED) is 0.205. The minimum Gasteiger partial charge on any atom is -0.480 e. The topological polar surface area (TPSA) is 183 Å². The van der Waals surface area contributed by atoms with E-state index in [-0.39, 0.29) is 18.4 Å². The number of unbranched alkanes of at least 4 members (excludes halogenated alkanes) is 1. The number of carboxylic acids is 1. The molecule has 0 radical (unpaired) electrons. The number of carbonyl (C=O) groups is 4. The summed E-state index contributed by atoms with van der Waals surface area (Å²) in [5, 5.41) is 18.2. The van der Waals surface area contributed by atoms with Gasteiger partial charge in [0.15, 0.2) is 0 Å². The zero-order chi connectivity index (χ0) is 24.5. The molecule has 3 rings (SSSR count). The SMILES string of the molecule is NCCCC[C@H](NC(=O)[C@@H]1CCCN1)C(=O)N[C@@H](Cc1cnc[nH]1)C(=O)N1CCC[C@H]1C(=O)O. The molecule has 1 aromatic rings. The standard InChI is InChI=1S/C22H35N7O5/c23-8-2-1-5-16(27-19(30)15-6-3-9-25-15)20(31)28-17(11-14-12-24-13-26-14)21(32)29-10-4-7-18(29)22(33)34/h12-13,15-18,25H,1-11,23H2,(H,24,26)(H,27,30)(H,28,31)(H,33,34)/t15-,16-,17-,18-/m0/s1. The van der Waals surface area contributed by atoms with Gasteiger partial charge in [-0.05, 0) is 58.0 Å². The van der Waals surface area contributed by atoms with Gasteiger partial charge in [0.1, 0.15) is 18.1 Å². The van der Waals surface area contributed by atoms with Gasteiger partial charge >= 0.3 is 5.97 Å². The molecular formula is C22H35N7O5. The first-order valence-corrected chi connectivity index (χ1v) is 12.0. The molecule has 0 spiro atoms. The first-order chi connectivity index (χ1) is 16.4. The first-order valence-electron chi connectivity index (χ1n) is 12.0. The van der Waals surface area contributed by atoms with Gasteiger partial charge < -0.3 is 36.7 Å². The molecule has 0 aromatic carbocycles. The molecule has 7 N–H and O–H groups in total. The number of likely N-dealkylation sites (tertiary alicyclic amines) is 1. The smallest absolute Gasteiger partial charge is 0.326 e. The molecule has 2 saturated heterocycles.